The molecule has 8 nitrogen and oxygen atoms in total. The molecule has 0 amide bonds. The zero-order valence-corrected chi connectivity index (χ0v) is 22.6. The standard InChI is InChI=1S/C28H25ClFN5O3S/c1-39(36,37)33-10-12-35-11-9-21(16-35)20-5-7-26-24(14-20)28(32-18-31-26)34-23-6-8-27(25(29)15-23)38-17-19-3-2-4-22(30)13-19/h2-9,11,13-16,18,33H,10,12,17H2,1H3,(H,31,32,34)/p+1. The number of hydrogen-bond donors (Lipinski definition) is 2. The summed E-state index contributed by atoms with van der Waals surface area (Å²) in [7, 11) is -3.10. The summed E-state index contributed by atoms with van der Waals surface area (Å²) in [6.45, 7) is 1.20. The average Bonchev–Trinajstić information content (AvgIpc) is 3.36. The third-order valence-corrected chi connectivity index (χ3v) is 7.14. The maximum atomic E-state index is 13.4. The van der Waals surface area contributed by atoms with Crippen molar-refractivity contribution in [1.29, 1.82) is 0 Å². The van der Waals surface area contributed by atoms with E-state index in [1.807, 2.05) is 47.3 Å². The first-order valence-corrected chi connectivity index (χ1v) is 14.4. The summed E-state index contributed by atoms with van der Waals surface area (Å²) in [6.07, 6.45) is 6.60. The van der Waals surface area contributed by atoms with Gasteiger partial charge in [-0.25, -0.2) is 19.1 Å². The predicted molar refractivity (Wildman–Crippen MR) is 150 cm³/mol. The number of primary sulfonamides is 1. The van der Waals surface area contributed by atoms with Crippen LogP contribution in [0.5, 0.6) is 5.75 Å². The second-order valence-corrected chi connectivity index (χ2v) is 11.5. The number of benzene rings is 3. The lowest BCUT2D eigenvalue weighted by molar-refractivity contribution is -0.497. The highest BCUT2D eigenvalue weighted by Crippen LogP contribution is 2.32. The molecule has 2 aromatic heterocycles. The van der Waals surface area contributed by atoms with E-state index < -0.39 is 10.0 Å². The number of nitrogens with two attached hydrogens (primary N) is 1. The molecule has 200 valence electrons. The molecule has 3 aromatic carbocycles. The quantitative estimate of drug-likeness (QED) is 0.253. The number of nitrogens with one attached hydrogen (secondary N) is 1. The normalized spacial score (nSPS) is 11.6. The molecule has 0 fully saturated rings. The number of rotatable bonds is 10. The van der Waals surface area contributed by atoms with Crippen LogP contribution in [0.25, 0.3) is 22.0 Å². The molecule has 5 aromatic rings. The Labute approximate surface area is 230 Å². The topological polar surface area (TPSA) is 103 Å². The maximum absolute atomic E-state index is 13.4. The van der Waals surface area contributed by atoms with Gasteiger partial charge in [0.2, 0.25) is 0 Å². The van der Waals surface area contributed by atoms with Crippen molar-refractivity contribution in [2.75, 3.05) is 18.1 Å². The van der Waals surface area contributed by atoms with Gasteiger partial charge in [-0.1, -0.05) is 29.8 Å². The van der Waals surface area contributed by atoms with Gasteiger partial charge in [-0.05, 0) is 65.2 Å². The molecule has 0 aliphatic carbocycles. The van der Waals surface area contributed by atoms with Crippen molar-refractivity contribution in [2.24, 2.45) is 0 Å². The van der Waals surface area contributed by atoms with Crippen molar-refractivity contribution in [3.8, 4) is 16.9 Å². The zero-order valence-electron chi connectivity index (χ0n) is 21.0. The number of hydrogen-bond acceptors (Lipinski definition) is 6. The number of sulfonamides is 1. The largest absolute Gasteiger partial charge is 0.487 e. The Morgan fingerprint density at radius 3 is 2.72 bits per heavy atom. The number of aromatic nitrogens is 3. The number of halogens is 2. The van der Waals surface area contributed by atoms with E-state index in [-0.39, 0.29) is 12.4 Å². The summed E-state index contributed by atoms with van der Waals surface area (Å²) in [5, 5.41) is 4.55. The third-order valence-electron chi connectivity index (χ3n) is 6.01. The van der Waals surface area contributed by atoms with Crippen molar-refractivity contribution in [3.05, 3.63) is 102 Å². The second kappa shape index (κ2) is 11.4. The lowest BCUT2D eigenvalue weighted by atomic mass is 10.1. The summed E-state index contributed by atoms with van der Waals surface area (Å²) in [4.78, 5) is 8.83. The number of fused-ring (bicyclic) bond motifs is 1. The third kappa shape index (κ3) is 6.91. The number of anilines is 2. The molecule has 0 saturated carbocycles. The number of ether oxygens (including phenoxy) is 1. The van der Waals surface area contributed by atoms with E-state index in [4.69, 9.17) is 16.3 Å². The van der Waals surface area contributed by atoms with Crippen molar-refractivity contribution < 1.29 is 22.3 Å². The highest BCUT2D eigenvalue weighted by molar-refractivity contribution is 7.83. The Balaban J connectivity index is 1.32. The van der Waals surface area contributed by atoms with Crippen molar-refractivity contribution in [1.82, 2.24) is 14.5 Å². The summed E-state index contributed by atoms with van der Waals surface area (Å²) in [5.74, 6) is 0.788. The van der Waals surface area contributed by atoms with Crippen LogP contribution < -0.4 is 14.8 Å². The molecule has 0 aliphatic heterocycles. The molecule has 11 heteroatoms. The Bertz CT molecular complexity index is 1740. The molecule has 0 radical (unpaired) electrons. The minimum Gasteiger partial charge on any atom is -0.487 e. The van der Waals surface area contributed by atoms with Crippen molar-refractivity contribution in [2.45, 2.75) is 13.2 Å². The maximum Gasteiger partial charge on any atom is 0.291 e. The summed E-state index contributed by atoms with van der Waals surface area (Å²) >= 11 is 6.47. The highest BCUT2D eigenvalue weighted by Gasteiger charge is 2.11. The van der Waals surface area contributed by atoms with Crippen LogP contribution in [0.15, 0.2) is 85.5 Å². The predicted octanol–water partition coefficient (Wildman–Crippen LogP) is 4.74. The zero-order chi connectivity index (χ0) is 27.4. The summed E-state index contributed by atoms with van der Waals surface area (Å²) in [5.41, 5.74) is 4.18. The number of quaternary nitrogens is 1. The fourth-order valence-electron chi connectivity index (χ4n) is 4.12. The molecule has 0 unspecified atom stereocenters. The van der Waals surface area contributed by atoms with Gasteiger partial charge in [0.05, 0.1) is 23.3 Å². The first-order valence-electron chi connectivity index (χ1n) is 12.1. The van der Waals surface area contributed by atoms with Crippen LogP contribution in [0.4, 0.5) is 15.9 Å². The van der Waals surface area contributed by atoms with E-state index in [2.05, 4.69) is 15.3 Å². The van der Waals surface area contributed by atoms with E-state index in [9.17, 15) is 12.8 Å². The van der Waals surface area contributed by atoms with Gasteiger partial charge in [0.15, 0.2) is 0 Å². The smallest absolute Gasteiger partial charge is 0.291 e. The second-order valence-electron chi connectivity index (χ2n) is 9.07. The van der Waals surface area contributed by atoms with Gasteiger partial charge in [0.25, 0.3) is 10.0 Å². The Hall–Kier alpha value is -3.99. The van der Waals surface area contributed by atoms with E-state index in [1.165, 1.54) is 29.4 Å². The van der Waals surface area contributed by atoms with Crippen LogP contribution >= 0.6 is 11.6 Å². The van der Waals surface area contributed by atoms with E-state index >= 15 is 0 Å². The first kappa shape index (κ1) is 26.6. The Morgan fingerprint density at radius 1 is 1.05 bits per heavy atom. The molecule has 39 heavy (non-hydrogen) atoms. The molecule has 2 heterocycles. The van der Waals surface area contributed by atoms with Gasteiger partial charge >= 0.3 is 0 Å². The van der Waals surface area contributed by atoms with E-state index in [0.717, 1.165) is 27.7 Å². The monoisotopic (exact) mass is 566 g/mol. The van der Waals surface area contributed by atoms with Gasteiger partial charge in [0, 0.05) is 23.5 Å². The van der Waals surface area contributed by atoms with Crippen molar-refractivity contribution in [3.63, 3.8) is 0 Å². The van der Waals surface area contributed by atoms with Crippen LogP contribution in [0, 0.1) is 5.82 Å². The minimum atomic E-state index is -3.10. The fraction of sp³-hybridized carbons (Fsp3) is 0.143. The van der Waals surface area contributed by atoms with Gasteiger partial charge in [-0.15, -0.1) is 0 Å². The van der Waals surface area contributed by atoms with Gasteiger partial charge in [-0.3, -0.25) is 0 Å². The first-order chi connectivity index (χ1) is 18.7. The highest BCUT2D eigenvalue weighted by atomic mass is 35.5. The Morgan fingerprint density at radius 2 is 1.92 bits per heavy atom. The number of nitrogens with zero attached hydrogens (tertiary/aromatic N) is 3. The van der Waals surface area contributed by atoms with Gasteiger partial charge < -0.3 is 14.6 Å². The summed E-state index contributed by atoms with van der Waals surface area (Å²) < 4.78 is 45.2. The fourth-order valence-corrected chi connectivity index (χ4v) is 4.89. The lowest BCUT2D eigenvalue weighted by Crippen LogP contribution is -2.87. The van der Waals surface area contributed by atoms with Gasteiger partial charge in [-0.2, -0.15) is 8.42 Å². The van der Waals surface area contributed by atoms with Gasteiger partial charge in [0.1, 0.15) is 36.9 Å². The molecule has 5 rings (SSSR count). The molecular formula is C28H26ClFN5O3S+. The molecular weight excluding hydrogens is 541 g/mol. The average molecular weight is 567 g/mol. The molecule has 0 saturated heterocycles. The lowest BCUT2D eigenvalue weighted by Gasteiger charge is -2.12. The van der Waals surface area contributed by atoms with Crippen molar-refractivity contribution >= 4 is 44.0 Å². The van der Waals surface area contributed by atoms with Crippen LogP contribution in [-0.4, -0.2) is 35.8 Å². The molecule has 0 bridgehead atoms. The summed E-state index contributed by atoms with van der Waals surface area (Å²) in [6, 6.07) is 19.5. The minimum absolute atomic E-state index is 0.196. The molecule has 0 spiro atoms. The van der Waals surface area contributed by atoms with E-state index in [1.54, 1.807) is 24.3 Å². The van der Waals surface area contributed by atoms with Crippen LogP contribution in [0.1, 0.15) is 5.56 Å². The molecule has 3 N–H and O–H groups in total. The molecule has 0 aliphatic rings. The van der Waals surface area contributed by atoms with Crippen LogP contribution in [-0.2, 0) is 23.2 Å². The Kier molecular flexibility index (Phi) is 7.78. The van der Waals surface area contributed by atoms with Crippen LogP contribution in [0.2, 0.25) is 5.02 Å². The molecule has 0 atom stereocenters. The van der Waals surface area contributed by atoms with Crippen LogP contribution in [0.3, 0.4) is 0 Å². The SMILES string of the molecule is CS(=O)(=O)[NH2+]CCn1ccc(-c2ccc3ncnc(Nc4ccc(OCc5cccc(F)c5)c(Cl)c4)c3c2)c1. The van der Waals surface area contributed by atoms with E-state index in [0.29, 0.717) is 35.2 Å².